The van der Waals surface area contributed by atoms with Crippen molar-refractivity contribution in [2.75, 3.05) is 13.2 Å². The van der Waals surface area contributed by atoms with Gasteiger partial charge in [0.15, 0.2) is 11.2 Å². The van der Waals surface area contributed by atoms with Crippen molar-refractivity contribution in [3.05, 3.63) is 0 Å². The van der Waals surface area contributed by atoms with Gasteiger partial charge in [0.25, 0.3) is 5.91 Å². The summed E-state index contributed by atoms with van der Waals surface area (Å²) in [5, 5.41) is 12.9. The fraction of sp³-hybridized carbons (Fsp3) is 0.833. The van der Waals surface area contributed by atoms with Crippen LogP contribution in [0.2, 0.25) is 0 Å². The van der Waals surface area contributed by atoms with E-state index >= 15 is 0 Å². The van der Waals surface area contributed by atoms with Crippen LogP contribution in [-0.2, 0) is 19.1 Å². The summed E-state index contributed by atoms with van der Waals surface area (Å²) in [6.07, 6.45) is 0. The van der Waals surface area contributed by atoms with Crippen molar-refractivity contribution in [1.82, 2.24) is 5.32 Å². The lowest BCUT2D eigenvalue weighted by Gasteiger charge is -2.42. The van der Waals surface area contributed by atoms with E-state index in [-0.39, 0.29) is 6.61 Å². The molecule has 2 atom stereocenters. The van der Waals surface area contributed by atoms with Crippen LogP contribution in [0.5, 0.6) is 0 Å². The Morgan fingerprint density at radius 2 is 2.00 bits per heavy atom. The van der Waals surface area contributed by atoms with Gasteiger partial charge in [-0.05, 0) is 34.6 Å². The Bertz CT molecular complexity index is 358. The molecule has 1 fully saturated rings. The van der Waals surface area contributed by atoms with Crippen LogP contribution in [0.4, 0.5) is 0 Å². The summed E-state index contributed by atoms with van der Waals surface area (Å²) in [7, 11) is 0. The van der Waals surface area contributed by atoms with Crippen molar-refractivity contribution in [2.24, 2.45) is 0 Å². The molecule has 1 amide bonds. The molecule has 0 aliphatic carbocycles. The average Bonchev–Trinajstić information content (AvgIpc) is 2.19. The maximum atomic E-state index is 12.0. The van der Waals surface area contributed by atoms with E-state index in [2.05, 4.69) is 5.32 Å². The number of ether oxygens (including phenoxy) is 2. The van der Waals surface area contributed by atoms with E-state index < -0.39 is 28.7 Å². The molecule has 0 bridgehead atoms. The molecular formula is C12H21NO5. The van der Waals surface area contributed by atoms with E-state index in [1.54, 1.807) is 20.8 Å². The van der Waals surface area contributed by atoms with Crippen LogP contribution in [0, 0.1) is 0 Å². The maximum Gasteiger partial charge on any atom is 0.341 e. The Hall–Kier alpha value is -1.14. The summed E-state index contributed by atoms with van der Waals surface area (Å²) in [4.78, 5) is 23.8. The zero-order valence-corrected chi connectivity index (χ0v) is 11.5. The lowest BCUT2D eigenvalue weighted by Crippen LogP contribution is -2.68. The smallest absolute Gasteiger partial charge is 0.341 e. The van der Waals surface area contributed by atoms with Gasteiger partial charge in [-0.15, -0.1) is 0 Å². The van der Waals surface area contributed by atoms with E-state index in [1.165, 1.54) is 13.8 Å². The standard InChI is InChI=1S/C12H21NO5/c1-10(2,3)18-9(15)11(4,16)12(5)8(14)13-6-7-17-12/h16H,6-7H2,1-5H3,(H,13,14)/t11?,12-/m0/s1. The van der Waals surface area contributed by atoms with Gasteiger partial charge in [0.05, 0.1) is 6.61 Å². The Labute approximate surface area is 107 Å². The summed E-state index contributed by atoms with van der Waals surface area (Å²) < 4.78 is 10.4. The number of hydrogen-bond donors (Lipinski definition) is 2. The number of amides is 1. The molecule has 1 heterocycles. The van der Waals surface area contributed by atoms with Crippen molar-refractivity contribution >= 4 is 11.9 Å². The van der Waals surface area contributed by atoms with E-state index in [0.29, 0.717) is 6.54 Å². The highest BCUT2D eigenvalue weighted by atomic mass is 16.6. The molecule has 2 N–H and O–H groups in total. The Kier molecular flexibility index (Phi) is 3.74. The lowest BCUT2D eigenvalue weighted by atomic mass is 9.83. The summed E-state index contributed by atoms with van der Waals surface area (Å²) in [5.74, 6) is -1.40. The Balaban J connectivity index is 2.97. The highest BCUT2D eigenvalue weighted by molar-refractivity contribution is 5.95. The number of morpholine rings is 1. The third-order valence-electron chi connectivity index (χ3n) is 2.94. The zero-order chi connectivity index (χ0) is 14.2. The molecule has 1 rings (SSSR count). The number of hydrogen-bond acceptors (Lipinski definition) is 5. The van der Waals surface area contributed by atoms with Crippen molar-refractivity contribution < 1.29 is 24.2 Å². The molecule has 18 heavy (non-hydrogen) atoms. The minimum absolute atomic E-state index is 0.237. The fourth-order valence-electron chi connectivity index (χ4n) is 1.59. The van der Waals surface area contributed by atoms with Crippen LogP contribution in [0.25, 0.3) is 0 Å². The van der Waals surface area contributed by atoms with Crippen LogP contribution in [0.15, 0.2) is 0 Å². The second-order valence-electron chi connectivity index (χ2n) is 5.71. The van der Waals surface area contributed by atoms with Crippen molar-refractivity contribution in [3.8, 4) is 0 Å². The van der Waals surface area contributed by atoms with Gasteiger partial charge in [-0.1, -0.05) is 0 Å². The summed E-state index contributed by atoms with van der Waals surface area (Å²) in [5.41, 5.74) is -4.44. The number of aliphatic hydroxyl groups is 1. The molecule has 104 valence electrons. The van der Waals surface area contributed by atoms with Crippen LogP contribution >= 0.6 is 0 Å². The number of nitrogens with one attached hydrogen (secondary N) is 1. The van der Waals surface area contributed by atoms with Gasteiger partial charge in [-0.2, -0.15) is 0 Å². The third kappa shape index (κ3) is 2.64. The van der Waals surface area contributed by atoms with Gasteiger partial charge in [-0.3, -0.25) is 4.79 Å². The predicted molar refractivity (Wildman–Crippen MR) is 63.8 cm³/mol. The molecule has 1 aliphatic heterocycles. The van der Waals surface area contributed by atoms with Gasteiger partial charge in [0.1, 0.15) is 5.60 Å². The number of rotatable bonds is 2. The van der Waals surface area contributed by atoms with Crippen LogP contribution in [-0.4, -0.2) is 46.9 Å². The van der Waals surface area contributed by atoms with Gasteiger partial charge in [-0.25, -0.2) is 4.79 Å². The van der Waals surface area contributed by atoms with Crippen molar-refractivity contribution in [2.45, 2.75) is 51.4 Å². The largest absolute Gasteiger partial charge is 0.458 e. The number of carbonyl (C=O) groups is 2. The van der Waals surface area contributed by atoms with Crippen LogP contribution in [0.1, 0.15) is 34.6 Å². The van der Waals surface area contributed by atoms with Crippen molar-refractivity contribution in [1.29, 1.82) is 0 Å². The second-order valence-corrected chi connectivity index (χ2v) is 5.71. The molecule has 1 saturated heterocycles. The highest BCUT2D eigenvalue weighted by Crippen LogP contribution is 2.30. The normalized spacial score (nSPS) is 28.2. The molecule has 0 aromatic rings. The zero-order valence-electron chi connectivity index (χ0n) is 11.5. The van der Waals surface area contributed by atoms with Crippen LogP contribution in [0.3, 0.4) is 0 Å². The third-order valence-corrected chi connectivity index (χ3v) is 2.94. The Morgan fingerprint density at radius 3 is 2.44 bits per heavy atom. The van der Waals surface area contributed by atoms with E-state index in [1.807, 2.05) is 0 Å². The maximum absolute atomic E-state index is 12.0. The number of carbonyl (C=O) groups excluding carboxylic acids is 2. The van der Waals surface area contributed by atoms with Crippen molar-refractivity contribution in [3.63, 3.8) is 0 Å². The van der Waals surface area contributed by atoms with Crippen LogP contribution < -0.4 is 5.32 Å². The van der Waals surface area contributed by atoms with E-state index in [4.69, 9.17) is 9.47 Å². The SMILES string of the molecule is CC(C)(C)OC(=O)C(C)(O)[C@@]1(C)OCCNC1=O. The minimum Gasteiger partial charge on any atom is -0.458 e. The topological polar surface area (TPSA) is 84.9 Å². The molecule has 0 radical (unpaired) electrons. The van der Waals surface area contributed by atoms with Gasteiger partial charge >= 0.3 is 5.97 Å². The summed E-state index contributed by atoms with van der Waals surface area (Å²) >= 11 is 0. The fourth-order valence-corrected chi connectivity index (χ4v) is 1.59. The lowest BCUT2D eigenvalue weighted by molar-refractivity contribution is -0.216. The average molecular weight is 259 g/mol. The Morgan fingerprint density at radius 1 is 1.44 bits per heavy atom. The molecule has 0 aromatic heterocycles. The molecule has 0 spiro atoms. The van der Waals surface area contributed by atoms with Gasteiger partial charge in [0, 0.05) is 6.54 Å². The predicted octanol–water partition coefficient (Wildman–Crippen LogP) is -0.0158. The molecule has 1 aliphatic rings. The molecule has 1 unspecified atom stereocenters. The summed E-state index contributed by atoms with van der Waals surface area (Å²) in [6, 6.07) is 0. The quantitative estimate of drug-likeness (QED) is 0.681. The summed E-state index contributed by atoms with van der Waals surface area (Å²) in [6.45, 7) is 8.26. The van der Waals surface area contributed by atoms with E-state index in [9.17, 15) is 14.7 Å². The molecule has 0 aromatic carbocycles. The first-order valence-corrected chi connectivity index (χ1v) is 5.89. The van der Waals surface area contributed by atoms with E-state index in [0.717, 1.165) is 0 Å². The molecule has 6 heteroatoms. The van der Waals surface area contributed by atoms with Gasteiger partial charge < -0.3 is 19.9 Å². The van der Waals surface area contributed by atoms with Gasteiger partial charge in [0.2, 0.25) is 0 Å². The molecular weight excluding hydrogens is 238 g/mol. The first-order chi connectivity index (χ1) is 8.01. The molecule has 6 nitrogen and oxygen atoms in total. The second kappa shape index (κ2) is 4.51. The monoisotopic (exact) mass is 259 g/mol. The number of esters is 1. The highest BCUT2D eigenvalue weighted by Gasteiger charge is 2.58. The molecule has 0 saturated carbocycles. The minimum atomic E-state index is -2.05. The first-order valence-electron chi connectivity index (χ1n) is 5.89. The first kappa shape index (κ1) is 14.9.